The molecule has 18 rings (SSSR count). The molecule has 3 aromatic heterocycles. The van der Waals surface area contributed by atoms with E-state index in [1.807, 2.05) is 36.4 Å². The fraction of sp³-hybridized carbons (Fsp3) is 0.0526. The number of benzene rings is 11. The van der Waals surface area contributed by atoms with E-state index in [0.29, 0.717) is 23.5 Å². The van der Waals surface area contributed by atoms with Crippen molar-refractivity contribution in [1.29, 1.82) is 0 Å². The number of hydrogen-bond donors (Lipinski definition) is 0. The van der Waals surface area contributed by atoms with E-state index in [2.05, 4.69) is 266 Å². The molecule has 0 bridgehead atoms. The van der Waals surface area contributed by atoms with Gasteiger partial charge in [0.1, 0.15) is 12.7 Å². The molecule has 4 aliphatic rings. The van der Waals surface area contributed by atoms with E-state index < -0.39 is 0 Å². The second-order valence-electron chi connectivity index (χ2n) is 22.7. The van der Waals surface area contributed by atoms with Crippen molar-refractivity contribution in [3.8, 4) is 51.0 Å². The quantitative estimate of drug-likeness (QED) is 0.139. The SMILES string of the molecule is c1ccc(-c2nc(-c3ccccc3)nc(N3c4ccc(-c5ccc6c(c5)c5cc(-c7ccc8c(c7)C7C(c9ccccc9N7c7ccccc7)N8c7ccccc7)ccc5n6-c5ncncn5)cc4C4C3c3ccccc3N4c3ccccc3)n2)cc1. The van der Waals surface area contributed by atoms with E-state index in [-0.39, 0.29) is 24.2 Å². The van der Waals surface area contributed by atoms with E-state index in [9.17, 15) is 0 Å². The van der Waals surface area contributed by atoms with Crippen LogP contribution in [0.1, 0.15) is 46.4 Å². The summed E-state index contributed by atoms with van der Waals surface area (Å²) >= 11 is 0. The lowest BCUT2D eigenvalue weighted by Gasteiger charge is -2.29. The van der Waals surface area contributed by atoms with Crippen LogP contribution in [0.5, 0.6) is 0 Å². The fourth-order valence-electron chi connectivity index (χ4n) is 14.4. The van der Waals surface area contributed by atoms with Crippen molar-refractivity contribution in [1.82, 2.24) is 34.5 Å². The summed E-state index contributed by atoms with van der Waals surface area (Å²) in [5.74, 6) is 2.39. The van der Waals surface area contributed by atoms with Crippen molar-refractivity contribution in [2.45, 2.75) is 24.2 Å². The van der Waals surface area contributed by atoms with Gasteiger partial charge in [-0.25, -0.2) is 19.9 Å². The first-order valence-electron chi connectivity index (χ1n) is 29.5. The Balaban J connectivity index is 0.804. The number of nitrogens with zero attached hydrogens (tertiary/aromatic N) is 11. The van der Waals surface area contributed by atoms with Gasteiger partial charge in [-0.3, -0.25) is 4.57 Å². The molecule has 14 aromatic rings. The molecule has 4 atom stereocenters. The molecular weight excluding hydrogens is 1070 g/mol. The first-order valence-corrected chi connectivity index (χ1v) is 29.5. The number of anilines is 8. The van der Waals surface area contributed by atoms with Gasteiger partial charge in [0.25, 0.3) is 0 Å². The third-order valence-corrected chi connectivity index (χ3v) is 18.1. The smallest absolute Gasteiger partial charge is 0.237 e. The van der Waals surface area contributed by atoms with Crippen molar-refractivity contribution in [2.24, 2.45) is 0 Å². The van der Waals surface area contributed by atoms with Crippen LogP contribution >= 0.6 is 0 Å². The molecular formula is C76H51N11. The molecule has 0 amide bonds. The maximum absolute atomic E-state index is 5.38. The van der Waals surface area contributed by atoms with E-state index in [0.717, 1.165) is 72.2 Å². The molecule has 4 unspecified atom stereocenters. The highest BCUT2D eigenvalue weighted by atomic mass is 15.4. The molecule has 11 aromatic carbocycles. The summed E-state index contributed by atoms with van der Waals surface area (Å²) in [5.41, 5.74) is 21.4. The second kappa shape index (κ2) is 19.5. The van der Waals surface area contributed by atoms with Crippen LogP contribution in [0.3, 0.4) is 0 Å². The van der Waals surface area contributed by atoms with Crippen LogP contribution in [0, 0.1) is 0 Å². The van der Waals surface area contributed by atoms with Gasteiger partial charge in [-0.15, -0.1) is 0 Å². The largest absolute Gasteiger partial charge is 0.331 e. The average molecular weight is 1120 g/mol. The normalized spacial score (nSPS) is 16.9. The molecule has 11 heteroatoms. The lowest BCUT2D eigenvalue weighted by molar-refractivity contribution is 0.625. The Morgan fingerprint density at radius 2 is 0.621 bits per heavy atom. The Kier molecular flexibility index (Phi) is 11.0. The van der Waals surface area contributed by atoms with E-state index >= 15 is 0 Å². The van der Waals surface area contributed by atoms with Crippen LogP contribution in [0.2, 0.25) is 0 Å². The van der Waals surface area contributed by atoms with Crippen LogP contribution in [0.15, 0.2) is 286 Å². The van der Waals surface area contributed by atoms with Crippen molar-refractivity contribution in [2.75, 3.05) is 19.6 Å². The molecule has 0 N–H and O–H groups in total. The van der Waals surface area contributed by atoms with Gasteiger partial charge in [-0.05, 0) is 119 Å². The Morgan fingerprint density at radius 3 is 1.08 bits per heavy atom. The molecule has 0 aliphatic carbocycles. The van der Waals surface area contributed by atoms with Gasteiger partial charge in [-0.1, -0.05) is 176 Å². The van der Waals surface area contributed by atoms with Crippen molar-refractivity contribution >= 4 is 67.6 Å². The van der Waals surface area contributed by atoms with Gasteiger partial charge in [0.2, 0.25) is 11.9 Å². The standard InChI is InChI=1S/C76H51N11/c1-6-20-48(21-7-1)73-80-74(49-22-8-2-9-23-49)82-76(81-73)87-68-41-37-53(45-62(68)72-70(87)58-31-17-19-33-64(58)84(72)55-26-12-4-13-27-55)51-35-39-66-60(43-51)59-42-50(34-38-65(59)86(66)75-78-46-77-47-79-75)52-36-40-67-61(44-52)71-69(85(67)56-28-14-5-15-29-56)57-30-16-18-32-63(57)83(71)54-24-10-3-11-25-54/h1-47,69-72H. The number of para-hydroxylation sites is 5. The Bertz CT molecular complexity index is 4930. The zero-order valence-electron chi connectivity index (χ0n) is 46.9. The minimum atomic E-state index is -0.169. The zero-order chi connectivity index (χ0) is 57.1. The van der Waals surface area contributed by atoms with Gasteiger partial charge < -0.3 is 19.6 Å². The van der Waals surface area contributed by atoms with Gasteiger partial charge in [-0.2, -0.15) is 9.97 Å². The van der Waals surface area contributed by atoms with Gasteiger partial charge in [0, 0.05) is 78.3 Å². The molecule has 0 saturated carbocycles. The third-order valence-electron chi connectivity index (χ3n) is 18.1. The number of hydrogen-bond acceptors (Lipinski definition) is 10. The van der Waals surface area contributed by atoms with Crippen molar-refractivity contribution in [3.05, 3.63) is 308 Å². The maximum atomic E-state index is 5.38. The van der Waals surface area contributed by atoms with Crippen molar-refractivity contribution in [3.63, 3.8) is 0 Å². The second-order valence-corrected chi connectivity index (χ2v) is 22.7. The molecule has 0 radical (unpaired) electrons. The van der Waals surface area contributed by atoms with E-state index in [1.54, 1.807) is 12.7 Å². The zero-order valence-corrected chi connectivity index (χ0v) is 46.9. The molecule has 410 valence electrons. The molecule has 87 heavy (non-hydrogen) atoms. The average Bonchev–Trinajstić information content (AvgIpc) is 1.69. The summed E-state index contributed by atoms with van der Waals surface area (Å²) in [7, 11) is 0. The predicted molar refractivity (Wildman–Crippen MR) is 347 cm³/mol. The van der Waals surface area contributed by atoms with Crippen LogP contribution in [0.25, 0.3) is 72.8 Å². The van der Waals surface area contributed by atoms with Gasteiger partial charge in [0.15, 0.2) is 11.6 Å². The summed E-state index contributed by atoms with van der Waals surface area (Å²) in [6, 6.07) is 98.1. The molecule has 0 saturated heterocycles. The summed E-state index contributed by atoms with van der Waals surface area (Å²) in [5, 5.41) is 2.19. The van der Waals surface area contributed by atoms with Crippen LogP contribution in [-0.2, 0) is 0 Å². The third kappa shape index (κ3) is 7.62. The van der Waals surface area contributed by atoms with E-state index in [4.69, 9.17) is 24.9 Å². The summed E-state index contributed by atoms with van der Waals surface area (Å²) in [6.45, 7) is 0. The minimum Gasteiger partial charge on any atom is -0.331 e. The highest BCUT2D eigenvalue weighted by molar-refractivity contribution is 6.11. The topological polar surface area (TPSA) is 95.2 Å². The van der Waals surface area contributed by atoms with Crippen LogP contribution in [0.4, 0.5) is 45.8 Å². The summed E-state index contributed by atoms with van der Waals surface area (Å²) in [4.78, 5) is 39.6. The molecule has 0 fully saturated rings. The van der Waals surface area contributed by atoms with Crippen molar-refractivity contribution < 1.29 is 0 Å². The Hall–Kier alpha value is -11.6. The van der Waals surface area contributed by atoms with Gasteiger partial charge in [0.05, 0.1) is 40.9 Å². The molecule has 7 heterocycles. The first-order chi connectivity index (χ1) is 43.2. The Morgan fingerprint density at radius 1 is 0.264 bits per heavy atom. The number of rotatable bonds is 9. The summed E-state index contributed by atoms with van der Waals surface area (Å²) in [6.07, 6.45) is 3.14. The fourth-order valence-corrected chi connectivity index (χ4v) is 14.4. The molecule has 0 spiro atoms. The monoisotopic (exact) mass is 1120 g/mol. The number of fused-ring (bicyclic) bond motifs is 13. The van der Waals surface area contributed by atoms with Gasteiger partial charge >= 0.3 is 0 Å². The lowest BCUT2D eigenvalue weighted by Crippen LogP contribution is -2.25. The highest BCUT2D eigenvalue weighted by Crippen LogP contribution is 2.64. The Labute approximate surface area is 502 Å². The predicted octanol–water partition coefficient (Wildman–Crippen LogP) is 18.0. The summed E-state index contributed by atoms with van der Waals surface area (Å²) < 4.78 is 2.17. The van der Waals surface area contributed by atoms with E-state index in [1.165, 1.54) is 45.0 Å². The minimum absolute atomic E-state index is 0.0283. The van der Waals surface area contributed by atoms with Crippen LogP contribution in [-0.4, -0.2) is 34.5 Å². The highest BCUT2D eigenvalue weighted by Gasteiger charge is 2.52. The molecule has 11 nitrogen and oxygen atoms in total. The number of aromatic nitrogens is 7. The maximum Gasteiger partial charge on any atom is 0.237 e. The first kappa shape index (κ1) is 48.9. The van der Waals surface area contributed by atoms with Crippen LogP contribution < -0.4 is 19.6 Å². The lowest BCUT2D eigenvalue weighted by atomic mass is 9.95. The molecule has 4 aliphatic heterocycles.